The highest BCUT2D eigenvalue weighted by molar-refractivity contribution is 7.99. The van der Waals surface area contributed by atoms with E-state index in [1.54, 1.807) is 11.8 Å². The first-order chi connectivity index (χ1) is 7.58. The highest BCUT2D eigenvalue weighted by Gasteiger charge is 1.98. The third-order valence-electron chi connectivity index (χ3n) is 1.83. The second-order valence-corrected chi connectivity index (χ2v) is 4.75. The molecule has 3 heteroatoms. The highest BCUT2D eigenvalue weighted by Crippen LogP contribution is 2.21. The molecule has 0 fully saturated rings. The Bertz CT molecular complexity index is 375. The first-order valence-corrected chi connectivity index (χ1v) is 6.11. The molecule has 0 N–H and O–H groups in total. The lowest BCUT2D eigenvalue weighted by Crippen LogP contribution is -2.00. The zero-order valence-corrected chi connectivity index (χ0v) is 10.6. The lowest BCUT2D eigenvalue weighted by atomic mass is 10.3. The van der Waals surface area contributed by atoms with Crippen LogP contribution in [0.2, 0.25) is 0 Å². The van der Waals surface area contributed by atoms with Gasteiger partial charge in [0.1, 0.15) is 5.75 Å². The van der Waals surface area contributed by atoms with Crippen molar-refractivity contribution in [1.29, 1.82) is 0 Å². The van der Waals surface area contributed by atoms with E-state index in [2.05, 4.69) is 19.9 Å². The summed E-state index contributed by atoms with van der Waals surface area (Å²) in [6.45, 7) is 5.58. The Balaban J connectivity index is 2.51. The molecule has 1 aromatic rings. The van der Waals surface area contributed by atoms with Crippen LogP contribution in [0.4, 0.5) is 0 Å². The van der Waals surface area contributed by atoms with Gasteiger partial charge in [0.25, 0.3) is 0 Å². The van der Waals surface area contributed by atoms with Crippen LogP contribution in [-0.2, 0) is 4.79 Å². The minimum atomic E-state index is -0.287. The van der Waals surface area contributed by atoms with Gasteiger partial charge in [-0.1, -0.05) is 11.6 Å². The molecule has 0 aliphatic carbocycles. The molecule has 16 heavy (non-hydrogen) atoms. The summed E-state index contributed by atoms with van der Waals surface area (Å²) in [6.07, 6.45) is 2.19. The smallest absolute Gasteiger partial charge is 0.308 e. The summed E-state index contributed by atoms with van der Waals surface area (Å²) in [5, 5.41) is 0. The van der Waals surface area contributed by atoms with E-state index in [4.69, 9.17) is 4.74 Å². The fraction of sp³-hybridized carbons (Fsp3) is 0.308. The maximum absolute atomic E-state index is 10.7. The Morgan fingerprint density at radius 1 is 1.25 bits per heavy atom. The maximum Gasteiger partial charge on any atom is 0.308 e. The SMILES string of the molecule is CC(=O)Oc1ccc(SCC=C(C)C)cc1. The number of hydrogen-bond acceptors (Lipinski definition) is 3. The Labute approximate surface area is 101 Å². The number of hydrogen-bond donors (Lipinski definition) is 0. The Morgan fingerprint density at radius 3 is 2.38 bits per heavy atom. The molecule has 0 aliphatic heterocycles. The van der Waals surface area contributed by atoms with E-state index < -0.39 is 0 Å². The Morgan fingerprint density at radius 2 is 1.88 bits per heavy atom. The van der Waals surface area contributed by atoms with E-state index in [0.29, 0.717) is 5.75 Å². The van der Waals surface area contributed by atoms with Crippen molar-refractivity contribution in [2.45, 2.75) is 25.7 Å². The van der Waals surface area contributed by atoms with E-state index in [1.165, 1.54) is 17.4 Å². The van der Waals surface area contributed by atoms with Crippen molar-refractivity contribution < 1.29 is 9.53 Å². The van der Waals surface area contributed by atoms with Gasteiger partial charge in [-0.05, 0) is 38.1 Å². The molecule has 0 saturated heterocycles. The van der Waals surface area contributed by atoms with E-state index >= 15 is 0 Å². The van der Waals surface area contributed by atoms with E-state index in [1.807, 2.05) is 24.3 Å². The van der Waals surface area contributed by atoms with Crippen LogP contribution in [0.3, 0.4) is 0 Å². The molecule has 0 radical (unpaired) electrons. The van der Waals surface area contributed by atoms with Crippen LogP contribution >= 0.6 is 11.8 Å². The van der Waals surface area contributed by atoms with Crippen molar-refractivity contribution in [2.24, 2.45) is 0 Å². The summed E-state index contributed by atoms with van der Waals surface area (Å²) >= 11 is 1.76. The number of carbonyl (C=O) groups excluding carboxylic acids is 1. The van der Waals surface area contributed by atoms with Gasteiger partial charge in [0.05, 0.1) is 0 Å². The fourth-order valence-corrected chi connectivity index (χ4v) is 2.01. The molecule has 0 aromatic heterocycles. The highest BCUT2D eigenvalue weighted by atomic mass is 32.2. The van der Waals surface area contributed by atoms with Crippen LogP contribution in [0, 0.1) is 0 Å². The van der Waals surface area contributed by atoms with Crippen LogP contribution in [0.15, 0.2) is 40.8 Å². The molecule has 1 rings (SSSR count). The zero-order chi connectivity index (χ0) is 12.0. The lowest BCUT2D eigenvalue weighted by molar-refractivity contribution is -0.131. The third-order valence-corrected chi connectivity index (χ3v) is 2.77. The first-order valence-electron chi connectivity index (χ1n) is 5.12. The third kappa shape index (κ3) is 5.03. The first kappa shape index (κ1) is 12.8. The normalized spacial score (nSPS) is 9.69. The van der Waals surface area contributed by atoms with Gasteiger partial charge in [0.2, 0.25) is 0 Å². The summed E-state index contributed by atoms with van der Waals surface area (Å²) < 4.78 is 4.95. The maximum atomic E-state index is 10.7. The largest absolute Gasteiger partial charge is 0.427 e. The second kappa shape index (κ2) is 6.38. The van der Waals surface area contributed by atoms with E-state index in [-0.39, 0.29) is 5.97 Å². The molecule has 2 nitrogen and oxygen atoms in total. The summed E-state index contributed by atoms with van der Waals surface area (Å²) in [7, 11) is 0. The van der Waals surface area contributed by atoms with Crippen molar-refractivity contribution in [3.63, 3.8) is 0 Å². The summed E-state index contributed by atoms with van der Waals surface area (Å²) in [5.74, 6) is 1.28. The number of benzene rings is 1. The van der Waals surface area contributed by atoms with Gasteiger partial charge in [0.15, 0.2) is 0 Å². The van der Waals surface area contributed by atoms with Crippen molar-refractivity contribution in [3.8, 4) is 5.75 Å². The number of carbonyl (C=O) groups is 1. The topological polar surface area (TPSA) is 26.3 Å². The van der Waals surface area contributed by atoms with Gasteiger partial charge < -0.3 is 4.74 Å². The van der Waals surface area contributed by atoms with Gasteiger partial charge in [-0.3, -0.25) is 4.79 Å². The van der Waals surface area contributed by atoms with Crippen molar-refractivity contribution >= 4 is 17.7 Å². The van der Waals surface area contributed by atoms with Crippen molar-refractivity contribution in [3.05, 3.63) is 35.9 Å². The molecule has 86 valence electrons. The second-order valence-electron chi connectivity index (χ2n) is 3.66. The summed E-state index contributed by atoms with van der Waals surface area (Å²) in [5.41, 5.74) is 1.32. The average molecular weight is 236 g/mol. The number of ether oxygens (including phenoxy) is 1. The molecule has 0 bridgehead atoms. The van der Waals surface area contributed by atoms with Crippen LogP contribution in [0.5, 0.6) is 5.75 Å². The lowest BCUT2D eigenvalue weighted by Gasteiger charge is -2.02. The molecule has 0 amide bonds. The van der Waals surface area contributed by atoms with E-state index in [9.17, 15) is 4.79 Å². The molecule has 0 saturated carbocycles. The molecule has 1 aromatic carbocycles. The fourth-order valence-electron chi connectivity index (χ4n) is 1.07. The number of thioether (sulfide) groups is 1. The molecule has 0 spiro atoms. The number of allylic oxidation sites excluding steroid dienone is 1. The van der Waals surface area contributed by atoms with Crippen molar-refractivity contribution in [1.82, 2.24) is 0 Å². The van der Waals surface area contributed by atoms with E-state index in [0.717, 1.165) is 5.75 Å². The zero-order valence-electron chi connectivity index (χ0n) is 9.82. The minimum absolute atomic E-state index is 0.287. The molecular formula is C13H16O2S. The monoisotopic (exact) mass is 236 g/mol. The molecule has 0 atom stereocenters. The van der Waals surface area contributed by atoms with Crippen LogP contribution < -0.4 is 4.74 Å². The standard InChI is InChI=1S/C13H16O2S/c1-10(2)8-9-16-13-6-4-12(5-7-13)15-11(3)14/h4-8H,9H2,1-3H3. The van der Waals surface area contributed by atoms with Gasteiger partial charge in [-0.2, -0.15) is 0 Å². The Kier molecular flexibility index (Phi) is 5.12. The predicted molar refractivity (Wildman–Crippen MR) is 67.9 cm³/mol. The molecule has 0 heterocycles. The van der Waals surface area contributed by atoms with Gasteiger partial charge in [-0.25, -0.2) is 0 Å². The van der Waals surface area contributed by atoms with Crippen LogP contribution in [-0.4, -0.2) is 11.7 Å². The average Bonchev–Trinajstić information content (AvgIpc) is 2.19. The quantitative estimate of drug-likeness (QED) is 0.345. The minimum Gasteiger partial charge on any atom is -0.427 e. The van der Waals surface area contributed by atoms with Gasteiger partial charge in [-0.15, -0.1) is 11.8 Å². The number of esters is 1. The molecule has 0 aliphatic rings. The van der Waals surface area contributed by atoms with Crippen molar-refractivity contribution in [2.75, 3.05) is 5.75 Å². The van der Waals surface area contributed by atoms with Gasteiger partial charge >= 0.3 is 5.97 Å². The van der Waals surface area contributed by atoms with Gasteiger partial charge in [0, 0.05) is 17.6 Å². The van der Waals surface area contributed by atoms with Crippen LogP contribution in [0.25, 0.3) is 0 Å². The molecular weight excluding hydrogens is 220 g/mol. The number of rotatable bonds is 4. The molecule has 0 unspecified atom stereocenters. The summed E-state index contributed by atoms with van der Waals surface area (Å²) in [6, 6.07) is 7.54. The Hall–Kier alpha value is -1.22. The van der Waals surface area contributed by atoms with Crippen LogP contribution in [0.1, 0.15) is 20.8 Å². The summed E-state index contributed by atoms with van der Waals surface area (Å²) in [4.78, 5) is 11.9. The predicted octanol–water partition coefficient (Wildman–Crippen LogP) is 3.67.